The molecule has 2 fully saturated rings. The number of halogens is 2. The van der Waals surface area contributed by atoms with E-state index in [1.165, 1.54) is 37.8 Å². The Morgan fingerprint density at radius 1 is 0.920 bits per heavy atom. The van der Waals surface area contributed by atoms with E-state index in [0.717, 1.165) is 54.9 Å². The third kappa shape index (κ3) is 4.05. The molecule has 0 heterocycles. The molecule has 1 unspecified atom stereocenters. The molecule has 2 saturated carbocycles. The lowest BCUT2D eigenvalue weighted by molar-refractivity contribution is 0.138. The number of hydrogen-bond donors (Lipinski definition) is 0. The van der Waals surface area contributed by atoms with E-state index in [-0.39, 0.29) is 5.92 Å². The normalized spacial score (nSPS) is 31.3. The molecule has 3 heteroatoms. The predicted molar refractivity (Wildman–Crippen MR) is 96.1 cm³/mol. The van der Waals surface area contributed by atoms with Crippen molar-refractivity contribution < 1.29 is 8.78 Å². The maximum Gasteiger partial charge on any atom is 0.144 e. The van der Waals surface area contributed by atoms with Gasteiger partial charge in [0.1, 0.15) is 23.3 Å². The molecule has 1 nitrogen and oxygen atoms in total. The van der Waals surface area contributed by atoms with Crippen LogP contribution in [0.3, 0.4) is 0 Å². The Bertz CT molecular complexity index is 609. The first-order valence-corrected chi connectivity index (χ1v) is 9.88. The summed E-state index contributed by atoms with van der Waals surface area (Å²) in [6.45, 7) is 4.79. The maximum absolute atomic E-state index is 13.9. The number of nitriles is 1. The van der Waals surface area contributed by atoms with E-state index in [1.807, 2.05) is 0 Å². The average Bonchev–Trinajstić information content (AvgIpc) is 2.61. The van der Waals surface area contributed by atoms with Crippen LogP contribution in [0.2, 0.25) is 0 Å². The van der Waals surface area contributed by atoms with Gasteiger partial charge in [0.2, 0.25) is 0 Å². The highest BCUT2D eigenvalue weighted by molar-refractivity contribution is 5.36. The van der Waals surface area contributed by atoms with Gasteiger partial charge in [0.25, 0.3) is 0 Å². The van der Waals surface area contributed by atoms with Crippen LogP contribution in [0.1, 0.15) is 82.3 Å². The Hall–Kier alpha value is -1.43. The third-order valence-corrected chi connectivity index (χ3v) is 6.97. The van der Waals surface area contributed by atoms with Gasteiger partial charge in [-0.25, -0.2) is 8.78 Å². The van der Waals surface area contributed by atoms with Crippen LogP contribution >= 0.6 is 0 Å². The Morgan fingerprint density at radius 2 is 1.40 bits per heavy atom. The molecule has 1 aromatic rings. The van der Waals surface area contributed by atoms with Crippen LogP contribution < -0.4 is 0 Å². The summed E-state index contributed by atoms with van der Waals surface area (Å²) in [7, 11) is 0. The smallest absolute Gasteiger partial charge is 0.144 e. The Labute approximate surface area is 150 Å². The summed E-state index contributed by atoms with van der Waals surface area (Å²) < 4.78 is 27.8. The van der Waals surface area contributed by atoms with Crippen LogP contribution in [-0.2, 0) is 0 Å². The zero-order valence-corrected chi connectivity index (χ0v) is 15.4. The standard InChI is InChI=1S/C22H29F2N/c1-14-3-5-16(6-4-14)15(2)17-7-9-18(10-8-17)19-11-21(23)20(13-25)22(24)12-19/h11-12,14-18H,3-10H2,1-2H3/t14?,15?,16?,17-,18-. The zero-order valence-electron chi connectivity index (χ0n) is 15.4. The first kappa shape index (κ1) is 18.4. The van der Waals surface area contributed by atoms with Gasteiger partial charge < -0.3 is 0 Å². The number of nitrogens with zero attached hydrogens (tertiary/aromatic N) is 1. The zero-order chi connectivity index (χ0) is 18.0. The van der Waals surface area contributed by atoms with E-state index in [2.05, 4.69) is 13.8 Å². The quantitative estimate of drug-likeness (QED) is 0.607. The van der Waals surface area contributed by atoms with Crippen LogP contribution in [0.15, 0.2) is 12.1 Å². The van der Waals surface area contributed by atoms with Crippen molar-refractivity contribution >= 4 is 0 Å². The van der Waals surface area contributed by atoms with Crippen LogP contribution in [0, 0.1) is 46.6 Å². The van der Waals surface area contributed by atoms with Gasteiger partial charge in [0.15, 0.2) is 0 Å². The molecule has 3 rings (SSSR count). The monoisotopic (exact) mass is 345 g/mol. The van der Waals surface area contributed by atoms with Crippen molar-refractivity contribution in [3.05, 3.63) is 34.9 Å². The highest BCUT2D eigenvalue weighted by Gasteiger charge is 2.32. The van der Waals surface area contributed by atoms with Crippen molar-refractivity contribution in [1.82, 2.24) is 0 Å². The minimum atomic E-state index is -0.718. The molecule has 2 aliphatic carbocycles. The second-order valence-electron chi connectivity index (χ2n) is 8.46. The highest BCUT2D eigenvalue weighted by Crippen LogP contribution is 2.44. The average molecular weight is 345 g/mol. The van der Waals surface area contributed by atoms with Crippen LogP contribution in [0.5, 0.6) is 0 Å². The molecule has 0 saturated heterocycles. The van der Waals surface area contributed by atoms with E-state index < -0.39 is 17.2 Å². The van der Waals surface area contributed by atoms with Gasteiger partial charge in [0, 0.05) is 0 Å². The Balaban J connectivity index is 1.59. The first-order valence-electron chi connectivity index (χ1n) is 9.88. The largest absolute Gasteiger partial charge is 0.205 e. The van der Waals surface area contributed by atoms with Crippen LogP contribution in [-0.4, -0.2) is 0 Å². The lowest BCUT2D eigenvalue weighted by Crippen LogP contribution is -2.27. The van der Waals surface area contributed by atoms with E-state index in [9.17, 15) is 8.78 Å². The SMILES string of the molecule is CC1CCC(C(C)[C@H]2CC[C@H](c3cc(F)c(C#N)c(F)c3)CC2)CC1. The molecule has 1 aromatic carbocycles. The molecule has 0 N–H and O–H groups in total. The summed E-state index contributed by atoms with van der Waals surface area (Å²) >= 11 is 0. The molecule has 0 aliphatic heterocycles. The summed E-state index contributed by atoms with van der Waals surface area (Å²) in [5, 5.41) is 8.81. The lowest BCUT2D eigenvalue weighted by Gasteiger charge is -2.38. The van der Waals surface area contributed by atoms with Crippen LogP contribution in [0.25, 0.3) is 0 Å². The molecule has 0 amide bonds. The number of rotatable bonds is 3. The Kier molecular flexibility index (Phi) is 5.77. The minimum Gasteiger partial charge on any atom is -0.205 e. The number of hydrogen-bond acceptors (Lipinski definition) is 1. The summed E-state index contributed by atoms with van der Waals surface area (Å²) in [5.74, 6) is 2.06. The van der Waals surface area contributed by atoms with E-state index in [4.69, 9.17) is 5.26 Å². The topological polar surface area (TPSA) is 23.8 Å². The van der Waals surface area contributed by atoms with Crippen molar-refractivity contribution in [3.8, 4) is 6.07 Å². The summed E-state index contributed by atoms with van der Waals surface area (Å²) in [5.41, 5.74) is 0.268. The van der Waals surface area contributed by atoms with Gasteiger partial charge in [-0.1, -0.05) is 26.7 Å². The van der Waals surface area contributed by atoms with Crippen molar-refractivity contribution in [2.45, 2.75) is 71.1 Å². The molecular formula is C22H29F2N. The molecular weight excluding hydrogens is 316 g/mol. The first-order chi connectivity index (χ1) is 12.0. The fraction of sp³-hybridized carbons (Fsp3) is 0.682. The number of benzene rings is 1. The molecule has 25 heavy (non-hydrogen) atoms. The van der Waals surface area contributed by atoms with Gasteiger partial charge in [-0.3, -0.25) is 0 Å². The van der Waals surface area contributed by atoms with E-state index in [0.29, 0.717) is 0 Å². The van der Waals surface area contributed by atoms with Gasteiger partial charge >= 0.3 is 0 Å². The van der Waals surface area contributed by atoms with Crippen molar-refractivity contribution in [3.63, 3.8) is 0 Å². The van der Waals surface area contributed by atoms with Crippen molar-refractivity contribution in [1.29, 1.82) is 5.26 Å². The van der Waals surface area contributed by atoms with Gasteiger partial charge in [-0.2, -0.15) is 5.26 Å². The molecule has 2 aliphatic rings. The lowest BCUT2D eigenvalue weighted by atomic mass is 9.67. The summed E-state index contributed by atoms with van der Waals surface area (Å²) in [4.78, 5) is 0. The molecule has 0 spiro atoms. The molecule has 0 radical (unpaired) electrons. The fourth-order valence-electron chi connectivity index (χ4n) is 5.11. The minimum absolute atomic E-state index is 0.228. The fourth-order valence-corrected chi connectivity index (χ4v) is 5.11. The third-order valence-electron chi connectivity index (χ3n) is 6.97. The van der Waals surface area contributed by atoms with Gasteiger partial charge in [-0.15, -0.1) is 0 Å². The van der Waals surface area contributed by atoms with E-state index in [1.54, 1.807) is 6.07 Å². The predicted octanol–water partition coefficient (Wildman–Crippen LogP) is 6.57. The molecule has 136 valence electrons. The second kappa shape index (κ2) is 7.85. The highest BCUT2D eigenvalue weighted by atomic mass is 19.1. The maximum atomic E-state index is 13.9. The summed E-state index contributed by atoms with van der Waals surface area (Å²) in [6.07, 6.45) is 9.79. The van der Waals surface area contributed by atoms with E-state index >= 15 is 0 Å². The van der Waals surface area contributed by atoms with Crippen LogP contribution in [0.4, 0.5) is 8.78 Å². The molecule has 0 aromatic heterocycles. The molecule has 1 atom stereocenters. The van der Waals surface area contributed by atoms with Gasteiger partial charge in [-0.05, 0) is 85.8 Å². The summed E-state index contributed by atoms with van der Waals surface area (Å²) in [6, 6.07) is 4.35. The Morgan fingerprint density at radius 3 is 1.88 bits per heavy atom. The van der Waals surface area contributed by atoms with Gasteiger partial charge in [0.05, 0.1) is 0 Å². The van der Waals surface area contributed by atoms with Crippen molar-refractivity contribution in [2.24, 2.45) is 23.7 Å². The van der Waals surface area contributed by atoms with Crippen molar-refractivity contribution in [2.75, 3.05) is 0 Å². The molecule has 0 bridgehead atoms. The second-order valence-corrected chi connectivity index (χ2v) is 8.46.